The number of halogens is 3. The first-order valence-corrected chi connectivity index (χ1v) is 8.63. The smallest absolute Gasteiger partial charge is 0.389 e. The molecule has 0 aromatic carbocycles. The minimum absolute atomic E-state index is 0.164. The van der Waals surface area contributed by atoms with Crippen molar-refractivity contribution in [3.05, 3.63) is 0 Å². The van der Waals surface area contributed by atoms with Crippen LogP contribution in [0.15, 0.2) is 0 Å². The molecule has 0 heterocycles. The summed E-state index contributed by atoms with van der Waals surface area (Å²) >= 11 is 1.64. The highest BCUT2D eigenvalue weighted by atomic mass is 32.2. The number of rotatable bonds is 11. The Balaban J connectivity index is 3.57. The van der Waals surface area contributed by atoms with Crippen molar-refractivity contribution in [3.8, 4) is 0 Å². The molecule has 0 aliphatic heterocycles. The molecule has 0 radical (unpaired) electrons. The lowest BCUT2D eigenvalue weighted by molar-refractivity contribution is -0.144. The first-order chi connectivity index (χ1) is 9.74. The summed E-state index contributed by atoms with van der Waals surface area (Å²) in [6.45, 7) is 6.00. The van der Waals surface area contributed by atoms with Gasteiger partial charge in [0.15, 0.2) is 0 Å². The third-order valence-electron chi connectivity index (χ3n) is 3.04. The van der Waals surface area contributed by atoms with Crippen molar-refractivity contribution in [2.75, 3.05) is 12.4 Å². The van der Waals surface area contributed by atoms with Crippen molar-refractivity contribution in [1.29, 1.82) is 0 Å². The molecule has 0 amide bonds. The van der Waals surface area contributed by atoms with Gasteiger partial charge in [-0.25, -0.2) is 0 Å². The second kappa shape index (κ2) is 11.2. The van der Waals surface area contributed by atoms with E-state index in [0.717, 1.165) is 25.0 Å². The number of unbranched alkanes of at least 4 members (excludes halogenated alkanes) is 1. The molecule has 0 aromatic rings. The van der Waals surface area contributed by atoms with Crippen LogP contribution in [0.3, 0.4) is 0 Å². The van der Waals surface area contributed by atoms with Crippen molar-refractivity contribution < 1.29 is 22.7 Å². The van der Waals surface area contributed by atoms with E-state index in [1.165, 1.54) is 0 Å². The Morgan fingerprint density at radius 2 is 1.90 bits per heavy atom. The molecule has 126 valence electrons. The van der Waals surface area contributed by atoms with E-state index in [9.17, 15) is 18.0 Å². The molecule has 2 unspecified atom stereocenters. The monoisotopic (exact) mass is 328 g/mol. The number of carbonyl (C=O) groups is 1. The Labute approximate surface area is 130 Å². The van der Waals surface area contributed by atoms with E-state index >= 15 is 0 Å². The van der Waals surface area contributed by atoms with Crippen LogP contribution < -0.4 is 0 Å². The maximum absolute atomic E-state index is 12.2. The predicted molar refractivity (Wildman–Crippen MR) is 81.5 cm³/mol. The van der Waals surface area contributed by atoms with Crippen LogP contribution in [-0.2, 0) is 9.53 Å². The zero-order valence-electron chi connectivity index (χ0n) is 13.2. The predicted octanol–water partition coefficient (Wildman–Crippen LogP) is 5.21. The van der Waals surface area contributed by atoms with E-state index in [1.54, 1.807) is 18.7 Å². The summed E-state index contributed by atoms with van der Waals surface area (Å²) in [4.78, 5) is 11.3. The molecule has 0 saturated carbocycles. The molecule has 0 N–H and O–H groups in total. The zero-order chi connectivity index (χ0) is 16.3. The van der Waals surface area contributed by atoms with Gasteiger partial charge in [0.2, 0.25) is 0 Å². The van der Waals surface area contributed by atoms with Gasteiger partial charge in [-0.1, -0.05) is 20.3 Å². The van der Waals surface area contributed by atoms with Crippen LogP contribution in [0.4, 0.5) is 13.2 Å². The fourth-order valence-corrected chi connectivity index (χ4v) is 2.77. The highest BCUT2D eigenvalue weighted by Gasteiger charge is 2.29. The van der Waals surface area contributed by atoms with Gasteiger partial charge in [-0.2, -0.15) is 24.9 Å². The lowest BCUT2D eigenvalue weighted by Gasteiger charge is -2.15. The zero-order valence-corrected chi connectivity index (χ0v) is 14.0. The van der Waals surface area contributed by atoms with Crippen molar-refractivity contribution in [1.82, 2.24) is 0 Å². The second-order valence-electron chi connectivity index (χ2n) is 5.53. The SMILES string of the molecule is CCCCC(=O)OCC(C)SCCCC(C)CC(F)(F)F. The summed E-state index contributed by atoms with van der Waals surface area (Å²) < 4.78 is 41.6. The number of thioether (sulfide) groups is 1. The van der Waals surface area contributed by atoms with Crippen molar-refractivity contribution in [3.63, 3.8) is 0 Å². The molecule has 0 saturated heterocycles. The highest BCUT2D eigenvalue weighted by molar-refractivity contribution is 7.99. The number of carbonyl (C=O) groups excluding carboxylic acids is 1. The summed E-state index contributed by atoms with van der Waals surface area (Å²) in [5.74, 6) is 0.312. The number of alkyl halides is 3. The molecule has 0 spiro atoms. The molecular weight excluding hydrogens is 301 g/mol. The van der Waals surface area contributed by atoms with Crippen molar-refractivity contribution in [2.24, 2.45) is 5.92 Å². The summed E-state index contributed by atoms with van der Waals surface area (Å²) in [6, 6.07) is 0. The van der Waals surface area contributed by atoms with Gasteiger partial charge in [0.25, 0.3) is 0 Å². The Morgan fingerprint density at radius 1 is 1.24 bits per heavy atom. The average molecular weight is 328 g/mol. The Bertz CT molecular complexity index is 283. The van der Waals surface area contributed by atoms with Gasteiger partial charge in [0.1, 0.15) is 6.61 Å². The van der Waals surface area contributed by atoms with Crippen molar-refractivity contribution in [2.45, 2.75) is 70.7 Å². The molecular formula is C15H27F3O2S. The van der Waals surface area contributed by atoms with E-state index in [-0.39, 0.29) is 17.1 Å². The first kappa shape index (κ1) is 20.6. The average Bonchev–Trinajstić information content (AvgIpc) is 2.37. The topological polar surface area (TPSA) is 26.3 Å². The first-order valence-electron chi connectivity index (χ1n) is 7.58. The number of ether oxygens (including phenoxy) is 1. The summed E-state index contributed by atoms with van der Waals surface area (Å²) in [5, 5.41) is 0.188. The van der Waals surface area contributed by atoms with Crippen LogP contribution in [-0.4, -0.2) is 29.8 Å². The van der Waals surface area contributed by atoms with Crippen LogP contribution in [0.5, 0.6) is 0 Å². The van der Waals surface area contributed by atoms with E-state index in [1.807, 2.05) is 13.8 Å². The fourth-order valence-electron chi connectivity index (χ4n) is 1.87. The van der Waals surface area contributed by atoms with Crippen LogP contribution in [0.2, 0.25) is 0 Å². The summed E-state index contributed by atoms with van der Waals surface area (Å²) in [7, 11) is 0. The van der Waals surface area contributed by atoms with Gasteiger partial charge in [-0.3, -0.25) is 4.79 Å². The van der Waals surface area contributed by atoms with E-state index in [0.29, 0.717) is 19.4 Å². The molecule has 0 fully saturated rings. The number of hydrogen-bond acceptors (Lipinski definition) is 3. The Hall–Kier alpha value is -0.390. The number of hydrogen-bond donors (Lipinski definition) is 0. The van der Waals surface area contributed by atoms with Crippen LogP contribution >= 0.6 is 11.8 Å². The van der Waals surface area contributed by atoms with E-state index in [2.05, 4.69) is 0 Å². The maximum atomic E-state index is 12.2. The normalized spacial score (nSPS) is 14.8. The van der Waals surface area contributed by atoms with Crippen molar-refractivity contribution >= 4 is 17.7 Å². The molecule has 2 atom stereocenters. The summed E-state index contributed by atoms with van der Waals surface area (Å²) in [6.07, 6.45) is -1.16. The Kier molecular flexibility index (Phi) is 11.0. The van der Waals surface area contributed by atoms with Crippen LogP contribution in [0.25, 0.3) is 0 Å². The van der Waals surface area contributed by atoms with Crippen LogP contribution in [0, 0.1) is 5.92 Å². The molecule has 0 aliphatic carbocycles. The lowest BCUT2D eigenvalue weighted by Crippen LogP contribution is -2.14. The quantitative estimate of drug-likeness (QED) is 0.385. The fraction of sp³-hybridized carbons (Fsp3) is 0.933. The third kappa shape index (κ3) is 14.3. The van der Waals surface area contributed by atoms with Crippen LogP contribution in [0.1, 0.15) is 59.3 Å². The minimum atomic E-state index is -4.06. The standard InChI is InChI=1S/C15H27F3O2S/c1-4-5-8-14(19)20-11-13(3)21-9-6-7-12(2)10-15(16,17)18/h12-13H,4-11H2,1-3H3. The van der Waals surface area contributed by atoms with Gasteiger partial charge in [0.05, 0.1) is 0 Å². The summed E-state index contributed by atoms with van der Waals surface area (Å²) in [5.41, 5.74) is 0. The van der Waals surface area contributed by atoms with Gasteiger partial charge in [-0.15, -0.1) is 0 Å². The lowest BCUT2D eigenvalue weighted by atomic mass is 10.0. The molecule has 0 aliphatic rings. The van der Waals surface area contributed by atoms with Gasteiger partial charge < -0.3 is 4.74 Å². The Morgan fingerprint density at radius 3 is 2.48 bits per heavy atom. The largest absolute Gasteiger partial charge is 0.465 e. The molecule has 0 rings (SSSR count). The maximum Gasteiger partial charge on any atom is 0.389 e. The molecule has 0 bridgehead atoms. The second-order valence-corrected chi connectivity index (χ2v) is 7.08. The number of esters is 1. The molecule has 6 heteroatoms. The van der Waals surface area contributed by atoms with E-state index in [4.69, 9.17) is 4.74 Å². The highest BCUT2D eigenvalue weighted by Crippen LogP contribution is 2.27. The van der Waals surface area contributed by atoms with E-state index < -0.39 is 12.6 Å². The van der Waals surface area contributed by atoms with Gasteiger partial charge >= 0.3 is 12.1 Å². The molecule has 0 aromatic heterocycles. The van der Waals surface area contributed by atoms with Gasteiger partial charge in [-0.05, 0) is 37.9 Å². The minimum Gasteiger partial charge on any atom is -0.465 e. The molecule has 2 nitrogen and oxygen atoms in total. The third-order valence-corrected chi connectivity index (χ3v) is 4.27. The molecule has 21 heavy (non-hydrogen) atoms. The van der Waals surface area contributed by atoms with Gasteiger partial charge in [0, 0.05) is 18.1 Å².